The Kier molecular flexibility index (Phi) is 5.68. The fourth-order valence-corrected chi connectivity index (χ4v) is 4.36. The molecule has 0 bridgehead atoms. The quantitative estimate of drug-likeness (QED) is 0.604. The second-order valence-electron chi connectivity index (χ2n) is 8.30. The van der Waals surface area contributed by atoms with Crippen molar-refractivity contribution in [3.8, 4) is 28.7 Å². The van der Waals surface area contributed by atoms with Crippen LogP contribution in [0.15, 0.2) is 60.9 Å². The highest BCUT2D eigenvalue weighted by Crippen LogP contribution is 2.40. The van der Waals surface area contributed by atoms with Gasteiger partial charge in [0.1, 0.15) is 18.0 Å². The van der Waals surface area contributed by atoms with Crippen molar-refractivity contribution in [2.24, 2.45) is 5.92 Å². The summed E-state index contributed by atoms with van der Waals surface area (Å²) in [5.41, 5.74) is 4.24. The summed E-state index contributed by atoms with van der Waals surface area (Å²) in [6.45, 7) is 3.24. The van der Waals surface area contributed by atoms with Crippen molar-refractivity contribution in [3.05, 3.63) is 72.1 Å². The molecule has 1 fully saturated rings. The van der Waals surface area contributed by atoms with Crippen LogP contribution in [-0.2, 0) is 11.3 Å². The molecule has 2 aliphatic heterocycles. The summed E-state index contributed by atoms with van der Waals surface area (Å²) < 4.78 is 11.2. The minimum atomic E-state index is -0.0345. The Morgan fingerprint density at radius 2 is 1.91 bits per heavy atom. The molecule has 0 atom stereocenters. The van der Waals surface area contributed by atoms with E-state index in [2.05, 4.69) is 28.1 Å². The zero-order chi connectivity index (χ0) is 22.8. The SMILES string of the molecule is COc1ccc(CN2CC(C(=O)N3CCOc4c(-c5ccc(C#N)cc5)cncc43)C2)cc1. The third kappa shape index (κ3) is 4.13. The highest BCUT2D eigenvalue weighted by atomic mass is 16.5. The summed E-state index contributed by atoms with van der Waals surface area (Å²) in [7, 11) is 1.66. The van der Waals surface area contributed by atoms with Gasteiger partial charge >= 0.3 is 0 Å². The third-order valence-corrected chi connectivity index (χ3v) is 6.19. The van der Waals surface area contributed by atoms with E-state index in [9.17, 15) is 4.79 Å². The van der Waals surface area contributed by atoms with Gasteiger partial charge in [-0.3, -0.25) is 14.7 Å². The van der Waals surface area contributed by atoms with Crippen LogP contribution in [-0.4, -0.2) is 49.1 Å². The van der Waals surface area contributed by atoms with E-state index < -0.39 is 0 Å². The fraction of sp³-hybridized carbons (Fsp3) is 0.269. The summed E-state index contributed by atoms with van der Waals surface area (Å²) in [6.07, 6.45) is 3.45. The number of carbonyl (C=O) groups is 1. The van der Waals surface area contributed by atoms with E-state index in [0.29, 0.717) is 30.2 Å². The summed E-state index contributed by atoms with van der Waals surface area (Å²) in [4.78, 5) is 21.8. The average Bonchev–Trinajstić information content (AvgIpc) is 2.85. The molecule has 33 heavy (non-hydrogen) atoms. The Morgan fingerprint density at radius 1 is 1.15 bits per heavy atom. The topological polar surface area (TPSA) is 78.7 Å². The molecule has 0 unspecified atom stereocenters. The molecule has 1 aromatic heterocycles. The number of pyridine rings is 1. The lowest BCUT2D eigenvalue weighted by molar-refractivity contribution is -0.128. The van der Waals surface area contributed by atoms with Crippen LogP contribution in [0.3, 0.4) is 0 Å². The molecule has 0 aliphatic carbocycles. The van der Waals surface area contributed by atoms with Crippen molar-refractivity contribution < 1.29 is 14.3 Å². The van der Waals surface area contributed by atoms with Gasteiger partial charge < -0.3 is 14.4 Å². The Morgan fingerprint density at radius 3 is 2.61 bits per heavy atom. The van der Waals surface area contributed by atoms with Crippen LogP contribution in [0.5, 0.6) is 11.5 Å². The van der Waals surface area contributed by atoms with Crippen LogP contribution in [0.1, 0.15) is 11.1 Å². The number of fused-ring (bicyclic) bond motifs is 1. The van der Waals surface area contributed by atoms with Gasteiger partial charge in [-0.25, -0.2) is 0 Å². The molecule has 3 heterocycles. The van der Waals surface area contributed by atoms with Gasteiger partial charge in [-0.15, -0.1) is 0 Å². The first-order valence-corrected chi connectivity index (χ1v) is 10.9. The van der Waals surface area contributed by atoms with Crippen LogP contribution < -0.4 is 14.4 Å². The van der Waals surface area contributed by atoms with Crippen molar-refractivity contribution >= 4 is 11.6 Å². The molecule has 3 aromatic rings. The third-order valence-electron chi connectivity index (χ3n) is 6.19. The molecule has 2 aliphatic rings. The van der Waals surface area contributed by atoms with Gasteiger partial charge in [-0.1, -0.05) is 24.3 Å². The molecule has 1 amide bonds. The number of rotatable bonds is 5. The number of nitriles is 1. The van der Waals surface area contributed by atoms with E-state index in [1.807, 2.05) is 29.2 Å². The molecule has 7 heteroatoms. The number of methoxy groups -OCH3 is 1. The van der Waals surface area contributed by atoms with Crippen molar-refractivity contribution in [1.29, 1.82) is 5.26 Å². The van der Waals surface area contributed by atoms with Crippen LogP contribution in [0.25, 0.3) is 11.1 Å². The minimum Gasteiger partial charge on any atom is -0.497 e. The van der Waals surface area contributed by atoms with Gasteiger partial charge in [0.2, 0.25) is 5.91 Å². The number of ether oxygens (including phenoxy) is 2. The maximum absolute atomic E-state index is 13.3. The summed E-state index contributed by atoms with van der Waals surface area (Å²) in [5, 5.41) is 9.05. The van der Waals surface area contributed by atoms with Crippen LogP contribution >= 0.6 is 0 Å². The number of likely N-dealkylation sites (tertiary alicyclic amines) is 1. The number of hydrogen-bond acceptors (Lipinski definition) is 6. The summed E-state index contributed by atoms with van der Waals surface area (Å²) in [5.74, 6) is 1.59. The van der Waals surface area contributed by atoms with E-state index in [1.165, 1.54) is 5.56 Å². The molecule has 2 aromatic carbocycles. The molecule has 5 rings (SSSR count). The second-order valence-corrected chi connectivity index (χ2v) is 8.30. The molecule has 0 N–H and O–H groups in total. The molecule has 0 saturated carbocycles. The molecule has 0 radical (unpaired) electrons. The lowest BCUT2D eigenvalue weighted by Crippen LogP contribution is -2.55. The standard InChI is InChI=1S/C26H24N4O3/c1-32-22-8-4-19(5-9-22)15-29-16-21(17-29)26(31)30-10-11-33-25-23(13-28-14-24(25)30)20-6-2-18(12-27)3-7-20/h2-9,13-14,21H,10-11,15-17H2,1H3. The van der Waals surface area contributed by atoms with Crippen molar-refractivity contribution in [2.75, 3.05) is 38.3 Å². The van der Waals surface area contributed by atoms with Crippen molar-refractivity contribution in [1.82, 2.24) is 9.88 Å². The first-order valence-electron chi connectivity index (χ1n) is 10.9. The van der Waals surface area contributed by atoms with E-state index in [1.54, 1.807) is 31.6 Å². The normalized spacial score (nSPS) is 15.7. The van der Waals surface area contributed by atoms with Crippen molar-refractivity contribution in [2.45, 2.75) is 6.54 Å². The first kappa shape index (κ1) is 21.0. The number of carbonyl (C=O) groups excluding carboxylic acids is 1. The Hall–Kier alpha value is -3.89. The molecule has 7 nitrogen and oxygen atoms in total. The Bertz CT molecular complexity index is 1200. The minimum absolute atomic E-state index is 0.0345. The van der Waals surface area contributed by atoms with E-state index in [-0.39, 0.29) is 11.8 Å². The number of anilines is 1. The van der Waals surface area contributed by atoms with Gasteiger partial charge in [0.15, 0.2) is 5.75 Å². The van der Waals surface area contributed by atoms with E-state index >= 15 is 0 Å². The lowest BCUT2D eigenvalue weighted by atomic mass is 9.96. The molecule has 0 spiro atoms. The maximum atomic E-state index is 13.3. The van der Waals surface area contributed by atoms with E-state index in [4.69, 9.17) is 14.7 Å². The predicted molar refractivity (Wildman–Crippen MR) is 124 cm³/mol. The Balaban J connectivity index is 1.28. The Labute approximate surface area is 192 Å². The van der Waals surface area contributed by atoms with Gasteiger partial charge in [0, 0.05) is 31.4 Å². The summed E-state index contributed by atoms with van der Waals surface area (Å²) in [6, 6.07) is 17.5. The number of hydrogen-bond donors (Lipinski definition) is 0. The monoisotopic (exact) mass is 440 g/mol. The first-order chi connectivity index (χ1) is 16.2. The predicted octanol–water partition coefficient (Wildman–Crippen LogP) is 3.49. The van der Waals surface area contributed by atoms with Crippen molar-refractivity contribution in [3.63, 3.8) is 0 Å². The number of nitrogens with zero attached hydrogens (tertiary/aromatic N) is 4. The highest BCUT2D eigenvalue weighted by Gasteiger charge is 2.38. The highest BCUT2D eigenvalue weighted by molar-refractivity contribution is 5.99. The molecule has 1 saturated heterocycles. The maximum Gasteiger partial charge on any atom is 0.232 e. The van der Waals surface area contributed by atoms with Crippen LogP contribution in [0.2, 0.25) is 0 Å². The largest absolute Gasteiger partial charge is 0.497 e. The summed E-state index contributed by atoms with van der Waals surface area (Å²) >= 11 is 0. The molecule has 166 valence electrons. The second kappa shape index (κ2) is 8.93. The fourth-order valence-electron chi connectivity index (χ4n) is 4.36. The van der Waals surface area contributed by atoms with Gasteiger partial charge in [0.05, 0.1) is 37.4 Å². The van der Waals surface area contributed by atoms with Crippen LogP contribution in [0.4, 0.5) is 5.69 Å². The molecular formula is C26H24N4O3. The van der Waals surface area contributed by atoms with Crippen LogP contribution in [0, 0.1) is 17.2 Å². The lowest BCUT2D eigenvalue weighted by Gasteiger charge is -2.41. The smallest absolute Gasteiger partial charge is 0.232 e. The van der Waals surface area contributed by atoms with Gasteiger partial charge in [-0.05, 0) is 35.4 Å². The van der Waals surface area contributed by atoms with Gasteiger partial charge in [-0.2, -0.15) is 5.26 Å². The zero-order valence-electron chi connectivity index (χ0n) is 18.4. The molecular weight excluding hydrogens is 416 g/mol. The number of aromatic nitrogens is 1. The van der Waals surface area contributed by atoms with Gasteiger partial charge in [0.25, 0.3) is 0 Å². The average molecular weight is 441 g/mol. The van der Waals surface area contributed by atoms with E-state index in [0.717, 1.165) is 36.5 Å². The number of amides is 1. The number of benzene rings is 2. The zero-order valence-corrected chi connectivity index (χ0v) is 18.4.